The number of aliphatic imine (C=N–C) groups is 1. The summed E-state index contributed by atoms with van der Waals surface area (Å²) in [5, 5.41) is 8.24. The molecule has 0 saturated carbocycles. The molecule has 0 aliphatic carbocycles. The molecular weight excluding hydrogens is 286 g/mol. The summed E-state index contributed by atoms with van der Waals surface area (Å²) in [5.74, 6) is 0.816. The normalized spacial score (nSPS) is 11.5. The molecule has 5 nitrogen and oxygen atoms in total. The zero-order valence-electron chi connectivity index (χ0n) is 12.5. The van der Waals surface area contributed by atoms with Crippen LogP contribution in [0, 0.1) is 0 Å². The summed E-state index contributed by atoms with van der Waals surface area (Å²) in [5.41, 5.74) is 2.17. The number of nitrogens with zero attached hydrogens (tertiary/aromatic N) is 4. The topological polar surface area (TPSA) is 45.5 Å². The van der Waals surface area contributed by atoms with E-state index in [9.17, 15) is 0 Å². The van der Waals surface area contributed by atoms with Crippen LogP contribution in [0.4, 0.5) is 0 Å². The molecule has 2 rings (SSSR count). The van der Waals surface area contributed by atoms with Gasteiger partial charge in [0.25, 0.3) is 0 Å². The minimum absolute atomic E-state index is 0.677. The van der Waals surface area contributed by atoms with Gasteiger partial charge in [-0.1, -0.05) is 29.8 Å². The van der Waals surface area contributed by atoms with Crippen molar-refractivity contribution in [1.29, 1.82) is 0 Å². The Morgan fingerprint density at radius 1 is 1.38 bits per heavy atom. The van der Waals surface area contributed by atoms with Crippen LogP contribution in [0.25, 0.3) is 0 Å². The van der Waals surface area contributed by atoms with Gasteiger partial charge < -0.3 is 10.2 Å². The molecule has 0 fully saturated rings. The maximum Gasteiger partial charge on any atom is 0.194 e. The molecule has 0 atom stereocenters. The van der Waals surface area contributed by atoms with Gasteiger partial charge in [-0.3, -0.25) is 9.67 Å². The van der Waals surface area contributed by atoms with Gasteiger partial charge in [0.2, 0.25) is 0 Å². The number of rotatable bonds is 4. The lowest BCUT2D eigenvalue weighted by Gasteiger charge is -2.22. The molecule has 0 spiro atoms. The van der Waals surface area contributed by atoms with E-state index < -0.39 is 0 Å². The van der Waals surface area contributed by atoms with Crippen LogP contribution >= 0.6 is 11.6 Å². The van der Waals surface area contributed by atoms with Crippen LogP contribution in [-0.2, 0) is 20.1 Å². The minimum Gasteiger partial charge on any atom is -0.351 e. The summed E-state index contributed by atoms with van der Waals surface area (Å²) >= 11 is 6.20. The third-order valence-corrected chi connectivity index (χ3v) is 3.66. The first-order valence-corrected chi connectivity index (χ1v) is 7.11. The van der Waals surface area contributed by atoms with E-state index in [1.165, 1.54) is 0 Å². The lowest BCUT2D eigenvalue weighted by atomic mass is 10.2. The highest BCUT2D eigenvalue weighted by Gasteiger charge is 2.09. The van der Waals surface area contributed by atoms with E-state index in [1.807, 2.05) is 54.0 Å². The number of guanidine groups is 1. The zero-order valence-corrected chi connectivity index (χ0v) is 13.3. The monoisotopic (exact) mass is 305 g/mol. The molecule has 0 saturated heterocycles. The van der Waals surface area contributed by atoms with Crippen molar-refractivity contribution in [2.75, 3.05) is 14.1 Å². The number of halogens is 1. The van der Waals surface area contributed by atoms with E-state index in [-0.39, 0.29) is 0 Å². The first-order chi connectivity index (χ1) is 10.1. The van der Waals surface area contributed by atoms with Crippen molar-refractivity contribution in [3.63, 3.8) is 0 Å². The molecule has 6 heteroatoms. The van der Waals surface area contributed by atoms with Crippen LogP contribution in [0.3, 0.4) is 0 Å². The molecule has 1 N–H and O–H groups in total. The van der Waals surface area contributed by atoms with Crippen molar-refractivity contribution >= 4 is 17.6 Å². The van der Waals surface area contributed by atoms with Gasteiger partial charge in [-0.15, -0.1) is 0 Å². The Morgan fingerprint density at radius 3 is 2.76 bits per heavy atom. The molecule has 0 bridgehead atoms. The molecule has 21 heavy (non-hydrogen) atoms. The Balaban J connectivity index is 1.98. The standard InChI is InChI=1S/C15H20ClN5/c1-17-15(18-10-13-8-9-19-21(13)3)20(2)11-12-6-4-5-7-14(12)16/h4-9H,10-11H2,1-3H3,(H,17,18). The number of hydrogen-bond donors (Lipinski definition) is 1. The highest BCUT2D eigenvalue weighted by molar-refractivity contribution is 6.31. The van der Waals surface area contributed by atoms with E-state index >= 15 is 0 Å². The van der Waals surface area contributed by atoms with Gasteiger partial charge in [-0.05, 0) is 17.7 Å². The third kappa shape index (κ3) is 3.98. The molecule has 1 aromatic heterocycles. The SMILES string of the molecule is CN=C(NCc1ccnn1C)N(C)Cc1ccccc1Cl. The van der Waals surface area contributed by atoms with E-state index in [1.54, 1.807) is 13.2 Å². The van der Waals surface area contributed by atoms with E-state index in [0.29, 0.717) is 13.1 Å². The van der Waals surface area contributed by atoms with Crippen molar-refractivity contribution in [2.45, 2.75) is 13.1 Å². The van der Waals surface area contributed by atoms with Crippen LogP contribution < -0.4 is 5.32 Å². The van der Waals surface area contributed by atoms with E-state index in [0.717, 1.165) is 22.2 Å². The van der Waals surface area contributed by atoms with Crippen LogP contribution in [0.15, 0.2) is 41.5 Å². The van der Waals surface area contributed by atoms with Crippen molar-refractivity contribution in [1.82, 2.24) is 20.0 Å². The second-order valence-corrected chi connectivity index (χ2v) is 5.20. The predicted molar refractivity (Wildman–Crippen MR) is 86.3 cm³/mol. The maximum absolute atomic E-state index is 6.20. The predicted octanol–water partition coefficient (Wildman–Crippen LogP) is 2.28. The molecule has 0 aliphatic heterocycles. The summed E-state index contributed by atoms with van der Waals surface area (Å²) in [6.07, 6.45) is 1.78. The summed E-state index contributed by atoms with van der Waals surface area (Å²) in [6.45, 7) is 1.38. The molecule has 2 aromatic rings. The van der Waals surface area contributed by atoms with Gasteiger partial charge in [0.15, 0.2) is 5.96 Å². The van der Waals surface area contributed by atoms with Crippen LogP contribution in [0.5, 0.6) is 0 Å². The average molecular weight is 306 g/mol. The number of hydrogen-bond acceptors (Lipinski definition) is 2. The summed E-state index contributed by atoms with van der Waals surface area (Å²) < 4.78 is 1.84. The van der Waals surface area contributed by atoms with Crippen molar-refractivity contribution in [3.8, 4) is 0 Å². The number of aromatic nitrogens is 2. The lowest BCUT2D eigenvalue weighted by molar-refractivity contribution is 0.475. The van der Waals surface area contributed by atoms with Crippen molar-refractivity contribution in [2.24, 2.45) is 12.0 Å². The summed E-state index contributed by atoms with van der Waals surface area (Å²) in [6, 6.07) is 9.82. The maximum atomic E-state index is 6.20. The molecule has 1 heterocycles. The smallest absolute Gasteiger partial charge is 0.194 e. The van der Waals surface area contributed by atoms with Gasteiger partial charge in [0.1, 0.15) is 0 Å². The van der Waals surface area contributed by atoms with Crippen LogP contribution in [0.1, 0.15) is 11.3 Å². The Bertz CT molecular complexity index is 620. The zero-order chi connectivity index (χ0) is 15.2. The lowest BCUT2D eigenvalue weighted by Crippen LogP contribution is -2.38. The van der Waals surface area contributed by atoms with E-state index in [2.05, 4.69) is 15.4 Å². The van der Waals surface area contributed by atoms with Gasteiger partial charge in [-0.2, -0.15) is 5.10 Å². The molecule has 0 unspecified atom stereocenters. The molecule has 1 aromatic carbocycles. The number of nitrogens with one attached hydrogen (secondary N) is 1. The molecule has 0 radical (unpaired) electrons. The highest BCUT2D eigenvalue weighted by Crippen LogP contribution is 2.16. The van der Waals surface area contributed by atoms with Gasteiger partial charge >= 0.3 is 0 Å². The molecule has 112 valence electrons. The van der Waals surface area contributed by atoms with Crippen LogP contribution in [0.2, 0.25) is 5.02 Å². The fourth-order valence-electron chi connectivity index (χ4n) is 2.09. The fourth-order valence-corrected chi connectivity index (χ4v) is 2.28. The Morgan fingerprint density at radius 2 is 2.14 bits per heavy atom. The fraction of sp³-hybridized carbons (Fsp3) is 0.333. The Labute approximate surface area is 130 Å². The number of benzene rings is 1. The second kappa shape index (κ2) is 7.13. The van der Waals surface area contributed by atoms with Crippen LogP contribution in [-0.4, -0.2) is 34.7 Å². The first-order valence-electron chi connectivity index (χ1n) is 6.74. The molecule has 0 aliphatic rings. The van der Waals surface area contributed by atoms with Gasteiger partial charge in [0.05, 0.1) is 12.2 Å². The Hall–Kier alpha value is -2.01. The average Bonchev–Trinajstić information content (AvgIpc) is 2.88. The van der Waals surface area contributed by atoms with E-state index in [4.69, 9.17) is 11.6 Å². The third-order valence-electron chi connectivity index (χ3n) is 3.29. The highest BCUT2D eigenvalue weighted by atomic mass is 35.5. The van der Waals surface area contributed by atoms with Gasteiger partial charge in [0, 0.05) is 38.9 Å². The largest absolute Gasteiger partial charge is 0.351 e. The number of aryl methyl sites for hydroxylation is 1. The molecular formula is C15H20ClN5. The second-order valence-electron chi connectivity index (χ2n) is 4.79. The Kier molecular flexibility index (Phi) is 5.22. The van der Waals surface area contributed by atoms with Crippen molar-refractivity contribution in [3.05, 3.63) is 52.8 Å². The summed E-state index contributed by atoms with van der Waals surface area (Å²) in [7, 11) is 5.68. The minimum atomic E-state index is 0.677. The van der Waals surface area contributed by atoms with Crippen molar-refractivity contribution < 1.29 is 0 Å². The quantitative estimate of drug-likeness (QED) is 0.696. The summed E-state index contributed by atoms with van der Waals surface area (Å²) in [4.78, 5) is 6.34. The first kappa shape index (κ1) is 15.4. The van der Waals surface area contributed by atoms with Gasteiger partial charge in [-0.25, -0.2) is 0 Å². The molecule has 0 amide bonds.